The lowest BCUT2D eigenvalue weighted by Crippen LogP contribution is -2.39. The second kappa shape index (κ2) is 10.6. The average Bonchev–Trinajstić information content (AvgIpc) is 2.92. The van der Waals surface area contributed by atoms with Crippen LogP contribution in [0.5, 0.6) is 0 Å². The van der Waals surface area contributed by atoms with Crippen LogP contribution in [-0.4, -0.2) is 46.8 Å². The second-order valence-corrected chi connectivity index (χ2v) is 7.96. The van der Waals surface area contributed by atoms with E-state index >= 15 is 0 Å². The largest absolute Gasteiger partial charge is 0.478 e. The number of nitrogens with one attached hydrogen (secondary N) is 2. The van der Waals surface area contributed by atoms with Crippen molar-refractivity contribution < 1.29 is 29.8 Å². The van der Waals surface area contributed by atoms with Gasteiger partial charge >= 0.3 is 34.2 Å². The van der Waals surface area contributed by atoms with Crippen LogP contribution in [0.15, 0.2) is 85.9 Å². The number of benzene rings is 3. The molecule has 5 rings (SSSR count). The van der Waals surface area contributed by atoms with E-state index in [1.54, 1.807) is 0 Å². The standard InChI is InChI=1S/C16H12N2O5.C9H6N2O5/c19-14-15(20)18(23-9-10-4-2-1-3-5-10)13-8-11(16(21)22)6-7-12(13)17-14;12-7-8(13)11(16)6-3-4(9(14)15)1-2-5(6)10-7/h1-8H,9H2,(H,17,19)(H,21,22);1-3,16H,(H,10,12)(H,14,15). The van der Waals surface area contributed by atoms with Crippen LogP contribution >= 0.6 is 0 Å². The number of nitrogens with zero attached hydrogens (tertiary/aromatic N) is 2. The molecule has 0 bridgehead atoms. The molecule has 0 aliphatic carbocycles. The minimum absolute atomic E-state index is 0.0130. The van der Waals surface area contributed by atoms with Crippen LogP contribution in [0.2, 0.25) is 0 Å². The van der Waals surface area contributed by atoms with Gasteiger partial charge in [-0.2, -0.15) is 0 Å². The van der Waals surface area contributed by atoms with Crippen molar-refractivity contribution in [3.63, 3.8) is 0 Å². The molecule has 0 amide bonds. The molecule has 0 spiro atoms. The third kappa shape index (κ3) is 5.43. The van der Waals surface area contributed by atoms with Gasteiger partial charge in [-0.15, -0.1) is 9.46 Å². The van der Waals surface area contributed by atoms with Gasteiger partial charge in [0.25, 0.3) is 0 Å². The number of aromatic nitrogens is 4. The summed E-state index contributed by atoms with van der Waals surface area (Å²) in [5.41, 5.74) is -2.57. The van der Waals surface area contributed by atoms with E-state index in [-0.39, 0.29) is 39.0 Å². The number of fused-ring (bicyclic) bond motifs is 2. The molecular weight excluding hydrogens is 516 g/mol. The highest BCUT2D eigenvalue weighted by molar-refractivity contribution is 5.92. The maximum Gasteiger partial charge on any atom is 0.349 e. The summed E-state index contributed by atoms with van der Waals surface area (Å²) in [6, 6.07) is 16.8. The average molecular weight is 534 g/mol. The van der Waals surface area contributed by atoms with Crippen molar-refractivity contribution in [3.8, 4) is 0 Å². The molecule has 14 nitrogen and oxygen atoms in total. The number of hydrogen-bond donors (Lipinski definition) is 5. The van der Waals surface area contributed by atoms with E-state index in [2.05, 4.69) is 9.97 Å². The maximum absolute atomic E-state index is 12.0. The number of aromatic amines is 2. The topological polar surface area (TPSA) is 214 Å². The third-order valence-corrected chi connectivity index (χ3v) is 5.40. The number of carbonyl (C=O) groups is 2. The van der Waals surface area contributed by atoms with Gasteiger partial charge in [0, 0.05) is 0 Å². The molecule has 0 aliphatic heterocycles. The Kier molecular flexibility index (Phi) is 7.10. The molecule has 2 heterocycles. The van der Waals surface area contributed by atoms with Crippen LogP contribution in [-0.2, 0) is 6.61 Å². The van der Waals surface area contributed by atoms with Gasteiger partial charge in [0.15, 0.2) is 0 Å². The fourth-order valence-corrected chi connectivity index (χ4v) is 3.48. The SMILES string of the molecule is O=C(O)c1ccc2[nH]c(=O)c(=O)n(O)c2c1.O=C(O)c1ccc2[nH]c(=O)c(=O)n(OCc3ccccc3)c2c1. The first-order chi connectivity index (χ1) is 18.6. The minimum atomic E-state index is -1.19. The summed E-state index contributed by atoms with van der Waals surface area (Å²) in [5.74, 6) is -2.33. The van der Waals surface area contributed by atoms with Gasteiger partial charge in [-0.3, -0.25) is 19.2 Å². The predicted molar refractivity (Wildman–Crippen MR) is 135 cm³/mol. The first-order valence-corrected chi connectivity index (χ1v) is 11.0. The summed E-state index contributed by atoms with van der Waals surface area (Å²) in [6.07, 6.45) is 0. The first-order valence-electron chi connectivity index (χ1n) is 11.0. The van der Waals surface area contributed by atoms with Crippen LogP contribution in [0.4, 0.5) is 0 Å². The number of hydrogen-bond acceptors (Lipinski definition) is 8. The number of rotatable bonds is 5. The third-order valence-electron chi connectivity index (χ3n) is 5.40. The van der Waals surface area contributed by atoms with Gasteiger partial charge < -0.3 is 30.2 Å². The maximum atomic E-state index is 12.0. The summed E-state index contributed by atoms with van der Waals surface area (Å²) in [4.78, 5) is 77.6. The monoisotopic (exact) mass is 534 g/mol. The molecule has 0 saturated heterocycles. The molecule has 0 radical (unpaired) electrons. The fraction of sp³-hybridized carbons (Fsp3) is 0.0400. The van der Waals surface area contributed by atoms with Gasteiger partial charge in [-0.25, -0.2) is 9.59 Å². The van der Waals surface area contributed by atoms with Crippen molar-refractivity contribution in [2.75, 3.05) is 0 Å². The molecule has 0 atom stereocenters. The molecule has 0 fully saturated rings. The predicted octanol–water partition coefficient (Wildman–Crippen LogP) is 0.642. The van der Waals surface area contributed by atoms with Crippen LogP contribution in [0.25, 0.3) is 22.1 Å². The Labute approximate surface area is 215 Å². The quantitative estimate of drug-likeness (QED) is 0.157. The van der Waals surface area contributed by atoms with Crippen molar-refractivity contribution in [1.82, 2.24) is 19.4 Å². The van der Waals surface area contributed by atoms with Crippen molar-refractivity contribution in [2.45, 2.75) is 6.61 Å². The Balaban J connectivity index is 0.000000193. The van der Waals surface area contributed by atoms with Crippen molar-refractivity contribution in [1.29, 1.82) is 0 Å². The zero-order valence-electron chi connectivity index (χ0n) is 19.7. The van der Waals surface area contributed by atoms with Crippen LogP contribution in [0.1, 0.15) is 26.3 Å². The number of H-pyrrole nitrogens is 2. The van der Waals surface area contributed by atoms with Crippen molar-refractivity contribution in [3.05, 3.63) is 125 Å². The van der Waals surface area contributed by atoms with Gasteiger partial charge in [-0.1, -0.05) is 30.3 Å². The van der Waals surface area contributed by atoms with E-state index in [1.165, 1.54) is 30.3 Å². The van der Waals surface area contributed by atoms with Crippen molar-refractivity contribution in [2.24, 2.45) is 0 Å². The van der Waals surface area contributed by atoms with Gasteiger partial charge in [0.05, 0.1) is 22.2 Å². The van der Waals surface area contributed by atoms with Gasteiger partial charge in [-0.05, 0) is 42.0 Å². The Morgan fingerprint density at radius 3 is 1.79 bits per heavy atom. The van der Waals surface area contributed by atoms with Crippen molar-refractivity contribution >= 4 is 34.0 Å². The Hall–Kier alpha value is -5.92. The molecule has 2 aromatic heterocycles. The van der Waals surface area contributed by atoms with Crippen LogP contribution < -0.4 is 27.1 Å². The zero-order valence-corrected chi connectivity index (χ0v) is 19.7. The molecular formula is C25H18N4O10. The highest BCUT2D eigenvalue weighted by Crippen LogP contribution is 2.12. The summed E-state index contributed by atoms with van der Waals surface area (Å²) in [5, 5.41) is 27.1. The Morgan fingerprint density at radius 1 is 0.718 bits per heavy atom. The summed E-state index contributed by atoms with van der Waals surface area (Å²) >= 11 is 0. The van der Waals surface area contributed by atoms with E-state index in [0.717, 1.165) is 16.4 Å². The lowest BCUT2D eigenvalue weighted by molar-refractivity contribution is 0.0686. The summed E-state index contributed by atoms with van der Waals surface area (Å²) in [6.45, 7) is 0.0661. The van der Waals surface area contributed by atoms with Crippen LogP contribution in [0.3, 0.4) is 0 Å². The minimum Gasteiger partial charge on any atom is -0.478 e. The molecule has 5 aromatic rings. The molecule has 0 unspecified atom stereocenters. The van der Waals surface area contributed by atoms with E-state index < -0.39 is 34.2 Å². The van der Waals surface area contributed by atoms with Gasteiger partial charge in [0.2, 0.25) is 0 Å². The van der Waals surface area contributed by atoms with E-state index in [0.29, 0.717) is 5.52 Å². The Morgan fingerprint density at radius 2 is 1.23 bits per heavy atom. The van der Waals surface area contributed by atoms with E-state index in [1.807, 2.05) is 30.3 Å². The molecule has 0 aliphatic rings. The van der Waals surface area contributed by atoms with Gasteiger partial charge in [0.1, 0.15) is 17.6 Å². The molecule has 198 valence electrons. The lowest BCUT2D eigenvalue weighted by atomic mass is 10.2. The summed E-state index contributed by atoms with van der Waals surface area (Å²) < 4.78 is 0.953. The number of carboxylic acid groups (broad SMARTS) is 2. The first kappa shape index (κ1) is 26.2. The zero-order chi connectivity index (χ0) is 28.3. The highest BCUT2D eigenvalue weighted by atomic mass is 16.7. The normalized spacial score (nSPS) is 10.6. The van der Waals surface area contributed by atoms with E-state index in [4.69, 9.17) is 15.1 Å². The smallest absolute Gasteiger partial charge is 0.349 e. The highest BCUT2D eigenvalue weighted by Gasteiger charge is 2.12. The second-order valence-electron chi connectivity index (χ2n) is 7.96. The molecule has 5 N–H and O–H groups in total. The number of carboxylic acids is 2. The molecule has 14 heteroatoms. The molecule has 39 heavy (non-hydrogen) atoms. The lowest BCUT2D eigenvalue weighted by Gasteiger charge is -2.11. The van der Waals surface area contributed by atoms with Crippen LogP contribution in [0, 0.1) is 0 Å². The molecule has 0 saturated carbocycles. The Bertz CT molecular complexity index is 1970. The van der Waals surface area contributed by atoms with E-state index in [9.17, 15) is 34.0 Å². The number of aromatic carboxylic acids is 2. The summed E-state index contributed by atoms with van der Waals surface area (Å²) in [7, 11) is 0. The molecule has 3 aromatic carbocycles. The fourth-order valence-electron chi connectivity index (χ4n) is 3.48.